The smallest absolute Gasteiger partial charge is 0.338 e. The predicted molar refractivity (Wildman–Crippen MR) is 62.5 cm³/mol. The molecule has 88 valence electrons. The van der Waals surface area contributed by atoms with Crippen molar-refractivity contribution in [3.63, 3.8) is 0 Å². The number of hydrogen-bond acceptors (Lipinski definition) is 4. The van der Waals surface area contributed by atoms with Gasteiger partial charge in [0.2, 0.25) is 0 Å². The van der Waals surface area contributed by atoms with E-state index in [1.165, 1.54) is 0 Å². The van der Waals surface area contributed by atoms with Crippen LogP contribution in [0, 0.1) is 6.92 Å². The summed E-state index contributed by atoms with van der Waals surface area (Å²) in [5.41, 5.74) is 1.30. The van der Waals surface area contributed by atoms with Crippen LogP contribution in [-0.4, -0.2) is 27.8 Å². The average molecular weight is 231 g/mol. The van der Waals surface area contributed by atoms with E-state index in [2.05, 4.69) is 15.2 Å². The normalized spacial score (nSPS) is 10.2. The molecule has 0 saturated heterocycles. The van der Waals surface area contributed by atoms with Gasteiger partial charge in [-0.2, -0.15) is 5.10 Å². The number of carbonyl (C=O) groups is 1. The van der Waals surface area contributed by atoms with Crippen LogP contribution in [-0.2, 0) is 4.74 Å². The number of aromatic nitrogens is 3. The molecule has 1 N–H and O–H groups in total. The molecule has 0 amide bonds. The van der Waals surface area contributed by atoms with Gasteiger partial charge in [0.15, 0.2) is 5.82 Å². The first-order chi connectivity index (χ1) is 8.20. The van der Waals surface area contributed by atoms with Crippen LogP contribution < -0.4 is 0 Å². The molecule has 17 heavy (non-hydrogen) atoms. The van der Waals surface area contributed by atoms with Crippen molar-refractivity contribution in [1.82, 2.24) is 15.2 Å². The number of carbonyl (C=O) groups excluding carboxylic acids is 1. The van der Waals surface area contributed by atoms with E-state index in [1.807, 2.05) is 13.0 Å². The van der Waals surface area contributed by atoms with Crippen LogP contribution in [0.1, 0.15) is 23.1 Å². The fraction of sp³-hybridized carbons (Fsp3) is 0.250. The summed E-state index contributed by atoms with van der Waals surface area (Å²) in [7, 11) is 0. The molecule has 0 radical (unpaired) electrons. The van der Waals surface area contributed by atoms with Crippen LogP contribution in [0.5, 0.6) is 0 Å². The maximum Gasteiger partial charge on any atom is 0.338 e. The Morgan fingerprint density at radius 1 is 1.47 bits per heavy atom. The summed E-state index contributed by atoms with van der Waals surface area (Å²) in [5, 5.41) is 6.81. The topological polar surface area (TPSA) is 67.9 Å². The van der Waals surface area contributed by atoms with Crippen LogP contribution in [0.3, 0.4) is 0 Å². The first-order valence-electron chi connectivity index (χ1n) is 5.37. The van der Waals surface area contributed by atoms with Crippen molar-refractivity contribution in [3.8, 4) is 11.4 Å². The molecule has 0 bridgehead atoms. The Morgan fingerprint density at radius 3 is 2.94 bits per heavy atom. The number of aryl methyl sites for hydroxylation is 1. The van der Waals surface area contributed by atoms with E-state index in [0.29, 0.717) is 18.0 Å². The van der Waals surface area contributed by atoms with Crippen LogP contribution in [0.25, 0.3) is 11.4 Å². The molecule has 0 aliphatic rings. The molecular weight excluding hydrogens is 218 g/mol. The maximum atomic E-state index is 11.6. The summed E-state index contributed by atoms with van der Waals surface area (Å²) >= 11 is 0. The minimum atomic E-state index is -0.332. The van der Waals surface area contributed by atoms with Crippen LogP contribution >= 0.6 is 0 Å². The number of nitrogens with zero attached hydrogens (tertiary/aromatic N) is 2. The minimum absolute atomic E-state index is 0.332. The lowest BCUT2D eigenvalue weighted by Crippen LogP contribution is -2.04. The van der Waals surface area contributed by atoms with E-state index in [9.17, 15) is 4.79 Å². The van der Waals surface area contributed by atoms with E-state index in [0.717, 1.165) is 11.4 Å². The molecule has 0 saturated carbocycles. The number of hydrogen-bond donors (Lipinski definition) is 1. The summed E-state index contributed by atoms with van der Waals surface area (Å²) in [4.78, 5) is 15.8. The van der Waals surface area contributed by atoms with E-state index in [4.69, 9.17) is 4.74 Å². The van der Waals surface area contributed by atoms with Gasteiger partial charge in [-0.05, 0) is 26.0 Å². The van der Waals surface area contributed by atoms with E-state index < -0.39 is 0 Å². The fourth-order valence-corrected chi connectivity index (χ4v) is 1.47. The number of benzene rings is 1. The molecule has 0 fully saturated rings. The molecule has 0 aliphatic heterocycles. The highest BCUT2D eigenvalue weighted by Crippen LogP contribution is 2.16. The Labute approximate surface area is 98.8 Å². The first-order valence-corrected chi connectivity index (χ1v) is 5.37. The van der Waals surface area contributed by atoms with Gasteiger partial charge >= 0.3 is 5.97 Å². The molecule has 0 spiro atoms. The monoisotopic (exact) mass is 231 g/mol. The highest BCUT2D eigenvalue weighted by molar-refractivity contribution is 5.90. The van der Waals surface area contributed by atoms with Gasteiger partial charge in [0.25, 0.3) is 0 Å². The van der Waals surface area contributed by atoms with Crippen LogP contribution in [0.4, 0.5) is 0 Å². The highest BCUT2D eigenvalue weighted by Gasteiger charge is 2.09. The zero-order chi connectivity index (χ0) is 12.3. The third-order valence-electron chi connectivity index (χ3n) is 2.23. The summed E-state index contributed by atoms with van der Waals surface area (Å²) in [6.45, 7) is 3.97. The Kier molecular flexibility index (Phi) is 3.18. The molecule has 2 rings (SSSR count). The predicted octanol–water partition coefficient (Wildman–Crippen LogP) is 1.96. The zero-order valence-corrected chi connectivity index (χ0v) is 9.73. The number of rotatable bonds is 3. The molecule has 0 atom stereocenters. The Bertz CT molecular complexity index is 534. The van der Waals surface area contributed by atoms with Gasteiger partial charge in [-0.15, -0.1) is 0 Å². The lowest BCUT2D eigenvalue weighted by molar-refractivity contribution is 0.0526. The largest absolute Gasteiger partial charge is 0.462 e. The molecule has 1 aromatic carbocycles. The second kappa shape index (κ2) is 4.78. The molecule has 0 aliphatic carbocycles. The number of esters is 1. The zero-order valence-electron chi connectivity index (χ0n) is 9.73. The van der Waals surface area contributed by atoms with Gasteiger partial charge in [-0.1, -0.05) is 12.1 Å². The number of nitrogens with one attached hydrogen (secondary N) is 1. The van der Waals surface area contributed by atoms with Crippen LogP contribution in [0.2, 0.25) is 0 Å². The Hall–Kier alpha value is -2.17. The van der Waals surface area contributed by atoms with E-state index >= 15 is 0 Å². The molecule has 1 aromatic heterocycles. The van der Waals surface area contributed by atoms with Gasteiger partial charge in [0, 0.05) is 5.56 Å². The Morgan fingerprint density at radius 2 is 2.29 bits per heavy atom. The van der Waals surface area contributed by atoms with Crippen molar-refractivity contribution in [2.24, 2.45) is 0 Å². The molecular formula is C12H13N3O2. The SMILES string of the molecule is CCOC(=O)c1cccc(-c2n[nH]c(C)n2)c1. The standard InChI is InChI=1S/C12H13N3O2/c1-3-17-12(16)10-6-4-5-9(7-10)11-13-8(2)14-15-11/h4-7H,3H2,1-2H3,(H,13,14,15). The number of aromatic amines is 1. The van der Waals surface area contributed by atoms with Gasteiger partial charge < -0.3 is 4.74 Å². The second-order valence-corrected chi connectivity index (χ2v) is 3.55. The van der Waals surface area contributed by atoms with Crippen molar-refractivity contribution in [3.05, 3.63) is 35.7 Å². The average Bonchev–Trinajstić information content (AvgIpc) is 2.76. The minimum Gasteiger partial charge on any atom is -0.462 e. The van der Waals surface area contributed by atoms with Gasteiger partial charge in [-0.25, -0.2) is 9.78 Å². The molecule has 0 unspecified atom stereocenters. The third-order valence-corrected chi connectivity index (χ3v) is 2.23. The third kappa shape index (κ3) is 2.50. The second-order valence-electron chi connectivity index (χ2n) is 3.55. The van der Waals surface area contributed by atoms with E-state index in [1.54, 1.807) is 25.1 Å². The quantitative estimate of drug-likeness (QED) is 0.820. The van der Waals surface area contributed by atoms with Gasteiger partial charge in [0.05, 0.1) is 12.2 Å². The van der Waals surface area contributed by atoms with Crippen molar-refractivity contribution in [2.75, 3.05) is 6.61 Å². The summed E-state index contributed by atoms with van der Waals surface area (Å²) in [5.74, 6) is 0.983. The summed E-state index contributed by atoms with van der Waals surface area (Å²) in [6.07, 6.45) is 0. The lowest BCUT2D eigenvalue weighted by Gasteiger charge is -2.02. The Balaban J connectivity index is 2.31. The van der Waals surface area contributed by atoms with Gasteiger partial charge in [0.1, 0.15) is 5.82 Å². The first kappa shape index (κ1) is 11.3. The lowest BCUT2D eigenvalue weighted by atomic mass is 10.1. The van der Waals surface area contributed by atoms with Crippen molar-refractivity contribution in [1.29, 1.82) is 0 Å². The maximum absolute atomic E-state index is 11.6. The number of ether oxygens (including phenoxy) is 1. The highest BCUT2D eigenvalue weighted by atomic mass is 16.5. The number of H-pyrrole nitrogens is 1. The fourth-order valence-electron chi connectivity index (χ4n) is 1.47. The van der Waals surface area contributed by atoms with Crippen molar-refractivity contribution < 1.29 is 9.53 Å². The van der Waals surface area contributed by atoms with Gasteiger partial charge in [-0.3, -0.25) is 5.10 Å². The van der Waals surface area contributed by atoms with Crippen molar-refractivity contribution >= 4 is 5.97 Å². The summed E-state index contributed by atoms with van der Waals surface area (Å²) in [6, 6.07) is 7.07. The molecule has 5 heteroatoms. The molecule has 2 aromatic rings. The summed E-state index contributed by atoms with van der Waals surface area (Å²) < 4.78 is 4.94. The van der Waals surface area contributed by atoms with E-state index in [-0.39, 0.29) is 5.97 Å². The van der Waals surface area contributed by atoms with Crippen LogP contribution in [0.15, 0.2) is 24.3 Å². The molecule has 5 nitrogen and oxygen atoms in total. The molecule has 1 heterocycles. The van der Waals surface area contributed by atoms with Crippen molar-refractivity contribution in [2.45, 2.75) is 13.8 Å².